The fourth-order valence-electron chi connectivity index (χ4n) is 1.96. The van der Waals surface area contributed by atoms with E-state index in [2.05, 4.69) is 21.2 Å². The van der Waals surface area contributed by atoms with Gasteiger partial charge in [0.05, 0.1) is 5.56 Å². The van der Waals surface area contributed by atoms with Crippen molar-refractivity contribution in [1.82, 2.24) is 10.2 Å². The van der Waals surface area contributed by atoms with Crippen molar-refractivity contribution in [2.75, 3.05) is 19.6 Å². The molecule has 6 heteroatoms. The van der Waals surface area contributed by atoms with Gasteiger partial charge in [-0.2, -0.15) is 0 Å². The van der Waals surface area contributed by atoms with Gasteiger partial charge in [-0.1, -0.05) is 0 Å². The van der Waals surface area contributed by atoms with Crippen LogP contribution in [0.3, 0.4) is 0 Å². The van der Waals surface area contributed by atoms with E-state index >= 15 is 0 Å². The zero-order valence-corrected chi connectivity index (χ0v) is 12.4. The molecular weight excluding hydrogens is 322 g/mol. The Morgan fingerprint density at radius 1 is 1.56 bits per heavy atom. The minimum atomic E-state index is -0.390. The number of halogens is 3. The molecule has 3 nitrogen and oxygen atoms in total. The number of piperazine rings is 1. The van der Waals surface area contributed by atoms with Crippen LogP contribution in [0.2, 0.25) is 0 Å². The van der Waals surface area contributed by atoms with Gasteiger partial charge in [0.1, 0.15) is 5.82 Å². The lowest BCUT2D eigenvalue weighted by atomic mass is 10.1. The fourth-order valence-corrected chi connectivity index (χ4v) is 2.38. The second-order valence-electron chi connectivity index (χ2n) is 4.18. The Kier molecular flexibility index (Phi) is 5.56. The molecule has 1 aromatic carbocycles. The van der Waals surface area contributed by atoms with Crippen LogP contribution in [0.1, 0.15) is 17.3 Å². The molecule has 1 heterocycles. The Balaban J connectivity index is 0.00000162. The van der Waals surface area contributed by atoms with Crippen LogP contribution in [0.15, 0.2) is 22.7 Å². The number of carbonyl (C=O) groups excluding carboxylic acids is 1. The molecular formula is C12H15BrClFN2O. The van der Waals surface area contributed by atoms with Crippen molar-refractivity contribution in [3.8, 4) is 0 Å². The van der Waals surface area contributed by atoms with Gasteiger partial charge in [-0.3, -0.25) is 4.79 Å². The SMILES string of the molecule is CC1CNCCN1C(=O)c1cc(F)ccc1Br.Cl. The Morgan fingerprint density at radius 3 is 2.94 bits per heavy atom. The molecule has 0 aromatic heterocycles. The normalized spacial score (nSPS) is 19.3. The Bertz CT molecular complexity index is 444. The first-order valence-electron chi connectivity index (χ1n) is 5.56. The van der Waals surface area contributed by atoms with E-state index in [4.69, 9.17) is 0 Å². The first-order valence-corrected chi connectivity index (χ1v) is 6.35. The van der Waals surface area contributed by atoms with Gasteiger partial charge in [-0.25, -0.2) is 4.39 Å². The number of rotatable bonds is 1. The van der Waals surface area contributed by atoms with Gasteiger partial charge in [0.2, 0.25) is 0 Å². The van der Waals surface area contributed by atoms with Crippen LogP contribution >= 0.6 is 28.3 Å². The molecule has 0 saturated carbocycles. The van der Waals surface area contributed by atoms with Crippen LogP contribution in [0.25, 0.3) is 0 Å². The zero-order valence-electron chi connectivity index (χ0n) is 9.95. The van der Waals surface area contributed by atoms with Gasteiger partial charge < -0.3 is 10.2 Å². The van der Waals surface area contributed by atoms with Gasteiger partial charge in [-0.05, 0) is 41.1 Å². The maximum atomic E-state index is 13.2. The van der Waals surface area contributed by atoms with Crippen LogP contribution in [-0.4, -0.2) is 36.5 Å². The Hall–Kier alpha value is -0.650. The summed E-state index contributed by atoms with van der Waals surface area (Å²) in [6.07, 6.45) is 0. The molecule has 1 amide bonds. The lowest BCUT2D eigenvalue weighted by Gasteiger charge is -2.34. The largest absolute Gasteiger partial charge is 0.333 e. The van der Waals surface area contributed by atoms with Crippen molar-refractivity contribution in [2.45, 2.75) is 13.0 Å². The van der Waals surface area contributed by atoms with Crippen LogP contribution in [-0.2, 0) is 0 Å². The molecule has 1 N–H and O–H groups in total. The van der Waals surface area contributed by atoms with Crippen LogP contribution in [0.5, 0.6) is 0 Å². The van der Waals surface area contributed by atoms with E-state index in [0.29, 0.717) is 16.6 Å². The van der Waals surface area contributed by atoms with Gasteiger partial charge in [0.25, 0.3) is 5.91 Å². The van der Waals surface area contributed by atoms with E-state index in [9.17, 15) is 9.18 Å². The molecule has 0 spiro atoms. The average Bonchev–Trinajstić information content (AvgIpc) is 2.32. The highest BCUT2D eigenvalue weighted by molar-refractivity contribution is 9.10. The number of carbonyl (C=O) groups is 1. The molecule has 2 rings (SSSR count). The summed E-state index contributed by atoms with van der Waals surface area (Å²) in [5, 5.41) is 3.22. The molecule has 1 aliphatic heterocycles. The van der Waals surface area contributed by atoms with E-state index in [-0.39, 0.29) is 30.2 Å². The predicted molar refractivity (Wildman–Crippen MR) is 74.7 cm³/mol. The van der Waals surface area contributed by atoms with Gasteiger partial charge >= 0.3 is 0 Å². The average molecular weight is 338 g/mol. The lowest BCUT2D eigenvalue weighted by Crippen LogP contribution is -2.52. The molecule has 0 bridgehead atoms. The molecule has 18 heavy (non-hydrogen) atoms. The maximum Gasteiger partial charge on any atom is 0.255 e. The Morgan fingerprint density at radius 2 is 2.28 bits per heavy atom. The minimum absolute atomic E-state index is 0. The highest BCUT2D eigenvalue weighted by Crippen LogP contribution is 2.21. The molecule has 0 radical (unpaired) electrons. The molecule has 100 valence electrons. The van der Waals surface area contributed by atoms with Crippen molar-refractivity contribution < 1.29 is 9.18 Å². The summed E-state index contributed by atoms with van der Waals surface area (Å²) in [5.41, 5.74) is 0.388. The highest BCUT2D eigenvalue weighted by Gasteiger charge is 2.25. The summed E-state index contributed by atoms with van der Waals surface area (Å²) in [5.74, 6) is -0.510. The van der Waals surface area contributed by atoms with Crippen molar-refractivity contribution in [2.24, 2.45) is 0 Å². The number of nitrogens with zero attached hydrogens (tertiary/aromatic N) is 1. The smallest absolute Gasteiger partial charge is 0.255 e. The van der Waals surface area contributed by atoms with Crippen LogP contribution in [0, 0.1) is 5.82 Å². The third-order valence-electron chi connectivity index (χ3n) is 2.92. The standard InChI is InChI=1S/C12H14BrFN2O.ClH/c1-8-7-15-4-5-16(8)12(17)10-6-9(14)2-3-11(10)13;/h2-3,6,8,15H,4-5,7H2,1H3;1H. The summed E-state index contributed by atoms with van der Waals surface area (Å²) in [6, 6.07) is 4.31. The number of amides is 1. The summed E-state index contributed by atoms with van der Waals surface area (Å²) in [6.45, 7) is 4.20. The molecule has 1 aliphatic rings. The zero-order chi connectivity index (χ0) is 12.4. The van der Waals surface area contributed by atoms with E-state index in [1.165, 1.54) is 12.1 Å². The van der Waals surface area contributed by atoms with Crippen molar-refractivity contribution in [3.05, 3.63) is 34.1 Å². The van der Waals surface area contributed by atoms with E-state index in [0.717, 1.165) is 13.1 Å². The predicted octanol–water partition coefficient (Wildman–Crippen LogP) is 2.44. The molecule has 1 aromatic rings. The van der Waals surface area contributed by atoms with Crippen LogP contribution in [0.4, 0.5) is 4.39 Å². The van der Waals surface area contributed by atoms with Crippen molar-refractivity contribution in [3.63, 3.8) is 0 Å². The summed E-state index contributed by atoms with van der Waals surface area (Å²) in [4.78, 5) is 14.1. The van der Waals surface area contributed by atoms with Gasteiger partial charge in [-0.15, -0.1) is 12.4 Å². The molecule has 1 unspecified atom stereocenters. The first-order chi connectivity index (χ1) is 8.09. The third kappa shape index (κ3) is 3.22. The number of hydrogen-bond donors (Lipinski definition) is 1. The fraction of sp³-hybridized carbons (Fsp3) is 0.417. The molecule has 0 aliphatic carbocycles. The van der Waals surface area contributed by atoms with Gasteiger partial charge in [0.15, 0.2) is 0 Å². The Labute approximate surface area is 120 Å². The summed E-state index contributed by atoms with van der Waals surface area (Å²) in [7, 11) is 0. The summed E-state index contributed by atoms with van der Waals surface area (Å²) < 4.78 is 13.8. The van der Waals surface area contributed by atoms with Crippen LogP contribution < -0.4 is 5.32 Å². The number of nitrogens with one attached hydrogen (secondary N) is 1. The second-order valence-corrected chi connectivity index (χ2v) is 5.03. The van der Waals surface area contributed by atoms with Crippen molar-refractivity contribution >= 4 is 34.2 Å². The molecule has 1 atom stereocenters. The first kappa shape index (κ1) is 15.4. The minimum Gasteiger partial charge on any atom is -0.333 e. The topological polar surface area (TPSA) is 32.3 Å². The molecule has 1 fully saturated rings. The van der Waals surface area contributed by atoms with Crippen molar-refractivity contribution in [1.29, 1.82) is 0 Å². The van der Waals surface area contributed by atoms with E-state index in [1.54, 1.807) is 11.0 Å². The van der Waals surface area contributed by atoms with E-state index in [1.807, 2.05) is 6.92 Å². The lowest BCUT2D eigenvalue weighted by molar-refractivity contribution is 0.0654. The third-order valence-corrected chi connectivity index (χ3v) is 3.61. The molecule has 1 saturated heterocycles. The number of benzene rings is 1. The monoisotopic (exact) mass is 336 g/mol. The quantitative estimate of drug-likeness (QED) is 0.854. The highest BCUT2D eigenvalue weighted by atomic mass is 79.9. The summed E-state index contributed by atoms with van der Waals surface area (Å²) >= 11 is 3.29. The maximum absolute atomic E-state index is 13.2. The van der Waals surface area contributed by atoms with E-state index < -0.39 is 0 Å². The number of hydrogen-bond acceptors (Lipinski definition) is 2. The van der Waals surface area contributed by atoms with Gasteiger partial charge in [0, 0.05) is 30.1 Å². The second kappa shape index (κ2) is 6.50.